The second kappa shape index (κ2) is 7.16. The number of H-pyrrole nitrogens is 1. The smallest absolute Gasteiger partial charge is 0.326 e. The quantitative estimate of drug-likeness (QED) is 0.700. The molecule has 2 N–H and O–H groups in total. The van der Waals surface area contributed by atoms with Crippen LogP contribution in [-0.4, -0.2) is 37.5 Å². The van der Waals surface area contributed by atoms with E-state index in [-0.39, 0.29) is 30.6 Å². The first kappa shape index (κ1) is 18.7. The summed E-state index contributed by atoms with van der Waals surface area (Å²) >= 11 is 0. The number of carbonyl (C=O) groups is 2. The molecule has 1 atom stereocenters. The van der Waals surface area contributed by atoms with Crippen molar-refractivity contribution in [3.63, 3.8) is 0 Å². The molecule has 1 amide bonds. The zero-order valence-corrected chi connectivity index (χ0v) is 16.5. The fourth-order valence-corrected chi connectivity index (χ4v) is 4.91. The zero-order chi connectivity index (χ0) is 20.8. The van der Waals surface area contributed by atoms with E-state index in [1.165, 1.54) is 4.90 Å². The van der Waals surface area contributed by atoms with E-state index in [9.17, 15) is 19.5 Å². The number of fused-ring (bicyclic) bond motifs is 2. The number of amides is 1. The van der Waals surface area contributed by atoms with E-state index in [1.54, 1.807) is 22.8 Å². The minimum atomic E-state index is -1.01. The second-order valence-corrected chi connectivity index (χ2v) is 8.23. The summed E-state index contributed by atoms with van der Waals surface area (Å²) in [7, 11) is 0. The lowest BCUT2D eigenvalue weighted by atomic mass is 9.93. The van der Waals surface area contributed by atoms with Crippen LogP contribution in [0, 0.1) is 0 Å². The second-order valence-electron chi connectivity index (χ2n) is 8.23. The third kappa shape index (κ3) is 3.01. The van der Waals surface area contributed by atoms with Crippen LogP contribution in [0.2, 0.25) is 0 Å². The maximum Gasteiger partial charge on any atom is 0.326 e. The molecule has 1 aliphatic heterocycles. The molecule has 1 aromatic heterocycles. The van der Waals surface area contributed by atoms with Gasteiger partial charge in [-0.15, -0.1) is 0 Å². The summed E-state index contributed by atoms with van der Waals surface area (Å²) < 4.78 is 1.80. The van der Waals surface area contributed by atoms with Crippen molar-refractivity contribution < 1.29 is 14.7 Å². The molecular weight excluding hydrogens is 382 g/mol. The van der Waals surface area contributed by atoms with E-state index in [0.717, 1.165) is 42.3 Å². The molecule has 0 radical (unpaired) electrons. The van der Waals surface area contributed by atoms with Gasteiger partial charge in [-0.3, -0.25) is 9.36 Å². The average molecular weight is 405 g/mol. The van der Waals surface area contributed by atoms with Crippen LogP contribution in [0.25, 0.3) is 11.0 Å². The summed E-state index contributed by atoms with van der Waals surface area (Å²) in [6, 6.07) is 12.1. The molecule has 0 unspecified atom stereocenters. The molecular formula is C23H23N3O4. The van der Waals surface area contributed by atoms with Crippen LogP contribution in [0.5, 0.6) is 0 Å². The number of carbonyl (C=O) groups excluding carboxylic acids is 1. The summed E-state index contributed by atoms with van der Waals surface area (Å²) in [4.78, 5) is 42.0. The highest BCUT2D eigenvalue weighted by molar-refractivity contribution is 5.99. The van der Waals surface area contributed by atoms with Gasteiger partial charge in [-0.05, 0) is 42.2 Å². The van der Waals surface area contributed by atoms with Crippen molar-refractivity contribution in [2.45, 2.75) is 50.7 Å². The Morgan fingerprint density at radius 1 is 1.03 bits per heavy atom. The number of nitrogens with one attached hydrogen (secondary N) is 1. The van der Waals surface area contributed by atoms with Crippen molar-refractivity contribution in [2.75, 3.05) is 0 Å². The number of aromatic amines is 1. The highest BCUT2D eigenvalue weighted by Gasteiger charge is 2.35. The number of aromatic nitrogens is 2. The predicted octanol–water partition coefficient (Wildman–Crippen LogP) is 3.10. The maximum atomic E-state index is 13.3. The molecule has 1 fully saturated rings. The molecule has 2 aliphatic rings. The van der Waals surface area contributed by atoms with E-state index in [1.807, 2.05) is 24.3 Å². The lowest BCUT2D eigenvalue weighted by Crippen LogP contribution is -2.48. The van der Waals surface area contributed by atoms with Crippen LogP contribution in [0.3, 0.4) is 0 Å². The van der Waals surface area contributed by atoms with Crippen molar-refractivity contribution in [1.29, 1.82) is 0 Å². The van der Waals surface area contributed by atoms with Crippen LogP contribution in [0.1, 0.15) is 53.2 Å². The zero-order valence-electron chi connectivity index (χ0n) is 16.5. The predicted molar refractivity (Wildman–Crippen MR) is 112 cm³/mol. The van der Waals surface area contributed by atoms with Gasteiger partial charge in [0.2, 0.25) is 0 Å². The van der Waals surface area contributed by atoms with Gasteiger partial charge in [0.05, 0.1) is 11.0 Å². The first-order valence-electron chi connectivity index (χ1n) is 10.4. The highest BCUT2D eigenvalue weighted by Crippen LogP contribution is 2.31. The van der Waals surface area contributed by atoms with Gasteiger partial charge in [0.1, 0.15) is 6.04 Å². The average Bonchev–Trinajstić information content (AvgIpc) is 3.38. The molecule has 0 saturated heterocycles. The summed E-state index contributed by atoms with van der Waals surface area (Å²) in [5.41, 5.74) is 3.56. The summed E-state index contributed by atoms with van der Waals surface area (Å²) in [6.07, 6.45) is 4.50. The van der Waals surface area contributed by atoms with Crippen molar-refractivity contribution in [2.24, 2.45) is 0 Å². The van der Waals surface area contributed by atoms with Crippen molar-refractivity contribution in [3.8, 4) is 0 Å². The molecule has 3 aromatic rings. The third-order valence-electron chi connectivity index (χ3n) is 6.45. The van der Waals surface area contributed by atoms with Gasteiger partial charge in [0.15, 0.2) is 0 Å². The first-order chi connectivity index (χ1) is 14.5. The lowest BCUT2D eigenvalue weighted by molar-refractivity contribution is -0.142. The minimum absolute atomic E-state index is 0.156. The summed E-state index contributed by atoms with van der Waals surface area (Å²) in [6.45, 7) is 0.254. The molecule has 7 heteroatoms. The van der Waals surface area contributed by atoms with E-state index >= 15 is 0 Å². The van der Waals surface area contributed by atoms with Gasteiger partial charge >= 0.3 is 11.7 Å². The molecule has 154 valence electrons. The number of hydrogen-bond acceptors (Lipinski definition) is 3. The number of carboxylic acid groups (broad SMARTS) is 1. The van der Waals surface area contributed by atoms with E-state index in [0.29, 0.717) is 11.1 Å². The molecule has 2 heterocycles. The topological polar surface area (TPSA) is 95.4 Å². The van der Waals surface area contributed by atoms with E-state index in [2.05, 4.69) is 4.98 Å². The van der Waals surface area contributed by atoms with Crippen molar-refractivity contribution in [3.05, 3.63) is 69.6 Å². The number of aliphatic carboxylic acids is 1. The molecule has 5 rings (SSSR count). The molecule has 0 bridgehead atoms. The van der Waals surface area contributed by atoms with E-state index < -0.39 is 12.0 Å². The molecule has 1 saturated carbocycles. The SMILES string of the molecule is O=C(O)[C@H]1Cc2ccccc2CN1C(=O)c1ccc2c(c1)[nH]c(=O)n2C1CCCC1. The van der Waals surface area contributed by atoms with Crippen LogP contribution in [0.15, 0.2) is 47.3 Å². The minimum Gasteiger partial charge on any atom is -0.480 e. The van der Waals surface area contributed by atoms with Crippen LogP contribution >= 0.6 is 0 Å². The standard InChI is InChI=1S/C23H23N3O4/c27-21(25-13-16-6-2-1-5-14(16)12-20(25)22(28)29)15-9-10-19-18(11-15)24-23(30)26(19)17-7-3-4-8-17/h1-2,5-6,9-11,17,20H,3-4,7-8,12-13H2,(H,24,30)(H,28,29)/t20-/m1/s1. The first-order valence-corrected chi connectivity index (χ1v) is 10.4. The fraction of sp³-hybridized carbons (Fsp3) is 0.348. The molecule has 0 spiro atoms. The van der Waals surface area contributed by atoms with Crippen LogP contribution in [-0.2, 0) is 17.8 Å². The Balaban J connectivity index is 1.51. The third-order valence-corrected chi connectivity index (χ3v) is 6.45. The van der Waals surface area contributed by atoms with Gasteiger partial charge in [0.25, 0.3) is 5.91 Å². The van der Waals surface area contributed by atoms with Gasteiger partial charge < -0.3 is 15.0 Å². The molecule has 30 heavy (non-hydrogen) atoms. The van der Waals surface area contributed by atoms with Crippen LogP contribution in [0.4, 0.5) is 0 Å². The number of benzene rings is 2. The van der Waals surface area contributed by atoms with Gasteiger partial charge in [-0.1, -0.05) is 37.1 Å². The highest BCUT2D eigenvalue weighted by atomic mass is 16.4. The van der Waals surface area contributed by atoms with Gasteiger partial charge in [-0.25, -0.2) is 9.59 Å². The number of nitrogens with zero attached hydrogens (tertiary/aromatic N) is 2. The Labute approximate surface area is 172 Å². The maximum absolute atomic E-state index is 13.3. The largest absolute Gasteiger partial charge is 0.480 e. The normalized spacial score (nSPS) is 19.2. The fourth-order valence-electron chi connectivity index (χ4n) is 4.91. The van der Waals surface area contributed by atoms with Gasteiger partial charge in [-0.2, -0.15) is 0 Å². The van der Waals surface area contributed by atoms with Gasteiger partial charge in [0, 0.05) is 24.6 Å². The van der Waals surface area contributed by atoms with Crippen molar-refractivity contribution >= 4 is 22.9 Å². The summed E-state index contributed by atoms with van der Waals surface area (Å²) in [5.74, 6) is -1.35. The van der Waals surface area contributed by atoms with Crippen LogP contribution < -0.4 is 5.69 Å². The Morgan fingerprint density at radius 3 is 2.50 bits per heavy atom. The number of imidazole rings is 1. The van der Waals surface area contributed by atoms with Crippen molar-refractivity contribution in [1.82, 2.24) is 14.5 Å². The van der Waals surface area contributed by atoms with E-state index in [4.69, 9.17) is 0 Å². The Kier molecular flexibility index (Phi) is 4.46. The summed E-state index contributed by atoms with van der Waals surface area (Å²) in [5, 5.41) is 9.72. The molecule has 2 aromatic carbocycles. The molecule has 1 aliphatic carbocycles. The molecule has 7 nitrogen and oxygen atoms in total. The Bertz CT molecular complexity index is 1200. The number of hydrogen-bond donors (Lipinski definition) is 2. The number of carboxylic acids is 1. The Morgan fingerprint density at radius 2 is 1.77 bits per heavy atom. The monoisotopic (exact) mass is 405 g/mol. The lowest BCUT2D eigenvalue weighted by Gasteiger charge is -2.34. The number of rotatable bonds is 3. The Hall–Kier alpha value is -3.35.